The molecule has 0 bridgehead atoms. The summed E-state index contributed by atoms with van der Waals surface area (Å²) < 4.78 is 2.42. The molecule has 0 spiro atoms. The summed E-state index contributed by atoms with van der Waals surface area (Å²) in [6, 6.07) is 15.2. The minimum absolute atomic E-state index is 0.640. The number of nitrogens with two attached hydrogens (primary N) is 1. The maximum Gasteiger partial charge on any atom is 0.199 e. The fourth-order valence-electron chi connectivity index (χ4n) is 4.58. The Balaban J connectivity index is 1.95. The van der Waals surface area contributed by atoms with Crippen LogP contribution in [0.3, 0.4) is 0 Å². The van der Waals surface area contributed by atoms with Crippen molar-refractivity contribution in [2.75, 3.05) is 36.8 Å². The molecular formula is C27H32N3Si+. The lowest BCUT2D eigenvalue weighted by Crippen LogP contribution is -2.31. The molecule has 2 aromatic carbocycles. The van der Waals surface area contributed by atoms with E-state index in [4.69, 9.17) is 5.73 Å². The summed E-state index contributed by atoms with van der Waals surface area (Å²) >= 11 is 0. The molecule has 0 aromatic heterocycles. The number of hydrogen-bond acceptors (Lipinski definition) is 2. The molecule has 3 nitrogen and oxygen atoms in total. The Morgan fingerprint density at radius 3 is 2.32 bits per heavy atom. The van der Waals surface area contributed by atoms with Gasteiger partial charge in [-0.15, -0.1) is 0 Å². The molecule has 1 aliphatic heterocycles. The molecule has 4 heteroatoms. The number of benzene rings is 2. The quantitative estimate of drug-likeness (QED) is 0.426. The van der Waals surface area contributed by atoms with Crippen LogP contribution in [0, 0.1) is 0 Å². The Hall–Kier alpha value is -2.85. The molecule has 0 saturated carbocycles. The fraction of sp³-hybridized carbons (Fsp3) is 0.296. The molecule has 2 radical (unpaired) electrons. The molecule has 0 atom stereocenters. The van der Waals surface area contributed by atoms with Gasteiger partial charge in [0.25, 0.3) is 0 Å². The van der Waals surface area contributed by atoms with Crippen molar-refractivity contribution in [3.05, 3.63) is 82.6 Å². The number of para-hydroxylation sites is 1. The topological polar surface area (TPSA) is 32.3 Å². The highest BCUT2D eigenvalue weighted by Gasteiger charge is 2.28. The third kappa shape index (κ3) is 3.92. The standard InChI is InChI=1S/C27H31N3Si/c1-5-29(6-2)19-13-15-22-25(17-19)31-26-18-20(30(7-3)8-4)14-16-23(26)27(22)21-11-9-10-12-24(21)28/h9-18,28H,5-8H2,1-4H3/p+1. The SMILES string of the molecule is CCN(CC)c1ccc2c(c1)[Si]C1=CC(=[N+](CC)CC)C=CC1=C2c1ccccc1N. The zero-order valence-electron chi connectivity index (χ0n) is 19.1. The molecule has 0 fully saturated rings. The van der Waals surface area contributed by atoms with Gasteiger partial charge in [-0.3, -0.25) is 0 Å². The van der Waals surface area contributed by atoms with Gasteiger partial charge < -0.3 is 10.6 Å². The fourth-order valence-corrected chi connectivity index (χ4v) is 6.00. The summed E-state index contributed by atoms with van der Waals surface area (Å²) in [7, 11) is 0.640. The first kappa shape index (κ1) is 21.4. The number of allylic oxidation sites excluding steroid dienone is 5. The predicted octanol–water partition coefficient (Wildman–Crippen LogP) is 4.21. The van der Waals surface area contributed by atoms with E-state index in [-0.39, 0.29) is 0 Å². The first-order chi connectivity index (χ1) is 15.1. The van der Waals surface area contributed by atoms with Gasteiger partial charge in [-0.25, -0.2) is 4.58 Å². The molecule has 31 heavy (non-hydrogen) atoms. The monoisotopic (exact) mass is 426 g/mol. The highest BCUT2D eigenvalue weighted by atomic mass is 28.2. The van der Waals surface area contributed by atoms with Crippen LogP contribution in [0.15, 0.2) is 71.5 Å². The lowest BCUT2D eigenvalue weighted by Gasteiger charge is -2.29. The van der Waals surface area contributed by atoms with Crippen molar-refractivity contribution in [1.29, 1.82) is 0 Å². The van der Waals surface area contributed by atoms with Crippen LogP contribution in [0.25, 0.3) is 5.57 Å². The zero-order chi connectivity index (χ0) is 22.0. The third-order valence-electron chi connectivity index (χ3n) is 6.30. The van der Waals surface area contributed by atoms with Crippen molar-refractivity contribution in [3.63, 3.8) is 0 Å². The van der Waals surface area contributed by atoms with Crippen LogP contribution in [0.2, 0.25) is 0 Å². The van der Waals surface area contributed by atoms with Crippen molar-refractivity contribution < 1.29 is 4.58 Å². The first-order valence-electron chi connectivity index (χ1n) is 11.4. The predicted molar refractivity (Wildman–Crippen MR) is 136 cm³/mol. The Morgan fingerprint density at radius 1 is 0.903 bits per heavy atom. The number of hydrogen-bond donors (Lipinski definition) is 1. The molecule has 2 N–H and O–H groups in total. The summed E-state index contributed by atoms with van der Waals surface area (Å²) in [6.07, 6.45) is 6.97. The summed E-state index contributed by atoms with van der Waals surface area (Å²) in [6.45, 7) is 13.0. The molecular weight excluding hydrogens is 394 g/mol. The van der Waals surface area contributed by atoms with Gasteiger partial charge in [-0.05, 0) is 79.1 Å². The van der Waals surface area contributed by atoms with Crippen LogP contribution in [0.1, 0.15) is 38.8 Å². The van der Waals surface area contributed by atoms with Gasteiger partial charge in [-0.1, -0.05) is 24.3 Å². The number of nitrogens with zero attached hydrogens (tertiary/aromatic N) is 2. The van der Waals surface area contributed by atoms with E-state index in [0.29, 0.717) is 9.52 Å². The van der Waals surface area contributed by atoms with Crippen LogP contribution < -0.4 is 15.8 Å². The average molecular weight is 427 g/mol. The van der Waals surface area contributed by atoms with E-state index in [0.717, 1.165) is 37.4 Å². The molecule has 0 unspecified atom stereocenters. The Bertz CT molecular complexity index is 1110. The van der Waals surface area contributed by atoms with Crippen LogP contribution in [-0.2, 0) is 0 Å². The second-order valence-electron chi connectivity index (χ2n) is 7.89. The second-order valence-corrected chi connectivity index (χ2v) is 9.22. The lowest BCUT2D eigenvalue weighted by molar-refractivity contribution is -0.519. The second kappa shape index (κ2) is 9.11. The number of nitrogen functional groups attached to an aromatic ring is 1. The van der Waals surface area contributed by atoms with Crippen LogP contribution in [-0.4, -0.2) is 46.0 Å². The molecule has 2 aliphatic rings. The maximum absolute atomic E-state index is 6.47. The van der Waals surface area contributed by atoms with Gasteiger partial charge in [0, 0.05) is 42.2 Å². The van der Waals surface area contributed by atoms with Crippen molar-refractivity contribution in [2.45, 2.75) is 27.7 Å². The normalized spacial score (nSPS) is 14.8. The molecule has 0 saturated heterocycles. The van der Waals surface area contributed by atoms with E-state index in [1.807, 2.05) is 12.1 Å². The van der Waals surface area contributed by atoms with Crippen molar-refractivity contribution in [1.82, 2.24) is 0 Å². The van der Waals surface area contributed by atoms with E-state index in [1.165, 1.54) is 38.5 Å². The van der Waals surface area contributed by atoms with E-state index in [1.54, 1.807) is 0 Å². The van der Waals surface area contributed by atoms with E-state index >= 15 is 0 Å². The van der Waals surface area contributed by atoms with Crippen LogP contribution in [0.4, 0.5) is 11.4 Å². The van der Waals surface area contributed by atoms with Crippen molar-refractivity contribution in [2.24, 2.45) is 0 Å². The van der Waals surface area contributed by atoms with Gasteiger partial charge in [0.1, 0.15) is 22.6 Å². The number of rotatable bonds is 6. The van der Waals surface area contributed by atoms with Crippen molar-refractivity contribution >= 4 is 37.4 Å². The van der Waals surface area contributed by atoms with Gasteiger partial charge in [0.05, 0.1) is 0 Å². The molecule has 0 amide bonds. The Labute approximate surface area is 189 Å². The first-order valence-corrected chi connectivity index (χ1v) is 12.4. The number of fused-ring (bicyclic) bond motifs is 2. The van der Waals surface area contributed by atoms with Gasteiger partial charge in [-0.2, -0.15) is 0 Å². The lowest BCUT2D eigenvalue weighted by atomic mass is 9.89. The molecule has 4 rings (SSSR count). The summed E-state index contributed by atoms with van der Waals surface area (Å²) in [5.41, 5.74) is 14.9. The van der Waals surface area contributed by atoms with E-state index in [9.17, 15) is 0 Å². The summed E-state index contributed by atoms with van der Waals surface area (Å²) in [5.74, 6) is 0. The highest BCUT2D eigenvalue weighted by molar-refractivity contribution is 6.65. The van der Waals surface area contributed by atoms with Crippen molar-refractivity contribution in [3.8, 4) is 0 Å². The highest BCUT2D eigenvalue weighted by Crippen LogP contribution is 2.38. The number of anilines is 2. The summed E-state index contributed by atoms with van der Waals surface area (Å²) in [4.78, 5) is 2.42. The van der Waals surface area contributed by atoms with Gasteiger partial charge in [0.15, 0.2) is 5.71 Å². The smallest absolute Gasteiger partial charge is 0.199 e. The van der Waals surface area contributed by atoms with Crippen LogP contribution >= 0.6 is 0 Å². The third-order valence-corrected chi connectivity index (χ3v) is 7.67. The molecule has 2 aromatic rings. The van der Waals surface area contributed by atoms with E-state index < -0.39 is 0 Å². The maximum atomic E-state index is 6.47. The van der Waals surface area contributed by atoms with E-state index in [2.05, 4.69) is 85.7 Å². The molecule has 1 aliphatic carbocycles. The Morgan fingerprint density at radius 2 is 1.65 bits per heavy atom. The molecule has 158 valence electrons. The average Bonchev–Trinajstić information content (AvgIpc) is 2.79. The van der Waals surface area contributed by atoms with Crippen LogP contribution in [0.5, 0.6) is 0 Å². The molecule has 1 heterocycles. The van der Waals surface area contributed by atoms with Gasteiger partial charge >= 0.3 is 0 Å². The Kier molecular flexibility index (Phi) is 6.28. The zero-order valence-corrected chi connectivity index (χ0v) is 20.1. The summed E-state index contributed by atoms with van der Waals surface area (Å²) in [5, 5.41) is 2.82. The largest absolute Gasteiger partial charge is 0.398 e. The van der Waals surface area contributed by atoms with Gasteiger partial charge in [0.2, 0.25) is 0 Å². The minimum atomic E-state index is 0.640. The minimum Gasteiger partial charge on any atom is -0.398 e.